The van der Waals surface area contributed by atoms with Crippen LogP contribution in [0.3, 0.4) is 0 Å². The zero-order valence-corrected chi connectivity index (χ0v) is 13.3. The molecule has 0 bridgehead atoms. The standard InChI is InChI=1S/C15H21N5S/c1-18-14-11-20(15-16-5-8-21-15)9-12(14)13(17-18)10-19-6-3-2-4-7-19/h5,8H,2-4,6-7,9-11H2,1H3. The van der Waals surface area contributed by atoms with E-state index in [1.165, 1.54) is 49.3 Å². The lowest BCUT2D eigenvalue weighted by Crippen LogP contribution is -2.29. The number of likely N-dealkylation sites (tertiary alicyclic amines) is 1. The summed E-state index contributed by atoms with van der Waals surface area (Å²) in [5, 5.41) is 7.94. The van der Waals surface area contributed by atoms with Crippen molar-refractivity contribution in [2.45, 2.75) is 38.9 Å². The predicted molar refractivity (Wildman–Crippen MR) is 84.3 cm³/mol. The maximum absolute atomic E-state index is 4.77. The number of hydrogen-bond donors (Lipinski definition) is 0. The fourth-order valence-electron chi connectivity index (χ4n) is 3.44. The van der Waals surface area contributed by atoms with Crippen molar-refractivity contribution in [2.24, 2.45) is 7.05 Å². The fourth-order valence-corrected chi connectivity index (χ4v) is 4.08. The van der Waals surface area contributed by atoms with Gasteiger partial charge >= 0.3 is 0 Å². The van der Waals surface area contributed by atoms with Crippen molar-refractivity contribution >= 4 is 16.5 Å². The molecule has 0 radical (unpaired) electrons. The highest BCUT2D eigenvalue weighted by molar-refractivity contribution is 7.13. The predicted octanol–water partition coefficient (Wildman–Crippen LogP) is 2.38. The van der Waals surface area contributed by atoms with E-state index in [1.54, 1.807) is 11.3 Å². The molecule has 0 aliphatic carbocycles. The SMILES string of the molecule is Cn1nc(CN2CCCCC2)c2c1CN(c1nccs1)C2. The molecule has 2 aromatic heterocycles. The average molecular weight is 303 g/mol. The van der Waals surface area contributed by atoms with Gasteiger partial charge in [0, 0.05) is 37.3 Å². The molecule has 1 fully saturated rings. The molecular formula is C15H21N5S. The summed E-state index contributed by atoms with van der Waals surface area (Å²) < 4.78 is 2.07. The van der Waals surface area contributed by atoms with E-state index in [-0.39, 0.29) is 0 Å². The zero-order valence-electron chi connectivity index (χ0n) is 12.5. The van der Waals surface area contributed by atoms with E-state index in [4.69, 9.17) is 5.10 Å². The first-order valence-electron chi connectivity index (χ1n) is 7.71. The lowest BCUT2D eigenvalue weighted by molar-refractivity contribution is 0.217. The largest absolute Gasteiger partial charge is 0.338 e. The summed E-state index contributed by atoms with van der Waals surface area (Å²) in [6, 6.07) is 0. The van der Waals surface area contributed by atoms with E-state index in [2.05, 4.69) is 26.5 Å². The number of aryl methyl sites for hydroxylation is 1. The highest BCUT2D eigenvalue weighted by Crippen LogP contribution is 2.31. The molecule has 2 aliphatic rings. The molecule has 0 saturated carbocycles. The number of thiazole rings is 1. The van der Waals surface area contributed by atoms with Gasteiger partial charge in [0.15, 0.2) is 5.13 Å². The number of rotatable bonds is 3. The topological polar surface area (TPSA) is 37.2 Å². The van der Waals surface area contributed by atoms with E-state index in [9.17, 15) is 0 Å². The summed E-state index contributed by atoms with van der Waals surface area (Å²) in [5.74, 6) is 0. The minimum atomic E-state index is 0.937. The van der Waals surface area contributed by atoms with Gasteiger partial charge in [-0.15, -0.1) is 11.3 Å². The molecule has 0 spiro atoms. The van der Waals surface area contributed by atoms with Crippen LogP contribution in [-0.4, -0.2) is 32.8 Å². The number of anilines is 1. The van der Waals surface area contributed by atoms with Crippen LogP contribution >= 0.6 is 11.3 Å². The molecule has 112 valence electrons. The Hall–Kier alpha value is -1.40. The Kier molecular flexibility index (Phi) is 3.43. The van der Waals surface area contributed by atoms with Crippen molar-refractivity contribution in [1.82, 2.24) is 19.7 Å². The van der Waals surface area contributed by atoms with Crippen molar-refractivity contribution in [3.05, 3.63) is 28.5 Å². The van der Waals surface area contributed by atoms with E-state index >= 15 is 0 Å². The fraction of sp³-hybridized carbons (Fsp3) is 0.600. The first-order chi connectivity index (χ1) is 10.3. The van der Waals surface area contributed by atoms with Crippen LogP contribution < -0.4 is 4.90 Å². The maximum atomic E-state index is 4.77. The second-order valence-electron chi connectivity index (χ2n) is 6.00. The van der Waals surface area contributed by atoms with Crippen LogP contribution in [0.5, 0.6) is 0 Å². The van der Waals surface area contributed by atoms with Crippen LogP contribution in [0.25, 0.3) is 0 Å². The van der Waals surface area contributed by atoms with Gasteiger partial charge in [0.25, 0.3) is 0 Å². The molecule has 2 aromatic rings. The smallest absolute Gasteiger partial charge is 0.185 e. The minimum Gasteiger partial charge on any atom is -0.338 e. The van der Waals surface area contributed by atoms with Gasteiger partial charge in [-0.3, -0.25) is 9.58 Å². The zero-order chi connectivity index (χ0) is 14.2. The number of fused-ring (bicyclic) bond motifs is 1. The van der Waals surface area contributed by atoms with Crippen LogP contribution in [-0.2, 0) is 26.7 Å². The lowest BCUT2D eigenvalue weighted by Gasteiger charge is -2.26. The number of aromatic nitrogens is 3. The van der Waals surface area contributed by atoms with Gasteiger partial charge in [0.05, 0.1) is 17.9 Å². The Morgan fingerprint density at radius 3 is 2.81 bits per heavy atom. The molecule has 0 N–H and O–H groups in total. The van der Waals surface area contributed by atoms with Crippen molar-refractivity contribution < 1.29 is 0 Å². The van der Waals surface area contributed by atoms with Crippen molar-refractivity contribution in [1.29, 1.82) is 0 Å². The summed E-state index contributed by atoms with van der Waals surface area (Å²) in [6.45, 7) is 5.35. The summed E-state index contributed by atoms with van der Waals surface area (Å²) in [4.78, 5) is 9.35. The third-order valence-corrected chi connectivity index (χ3v) is 5.39. The van der Waals surface area contributed by atoms with Crippen LogP contribution in [0.15, 0.2) is 11.6 Å². The second kappa shape index (κ2) is 5.42. The molecule has 1 saturated heterocycles. The van der Waals surface area contributed by atoms with E-state index in [0.29, 0.717) is 0 Å². The lowest BCUT2D eigenvalue weighted by atomic mass is 10.1. The Balaban J connectivity index is 1.54. The molecule has 2 aliphatic heterocycles. The molecular weight excluding hydrogens is 282 g/mol. The average Bonchev–Trinajstić information content (AvgIpc) is 3.20. The first kappa shape index (κ1) is 13.3. The Morgan fingerprint density at radius 2 is 2.05 bits per heavy atom. The van der Waals surface area contributed by atoms with Gasteiger partial charge in [0.1, 0.15) is 0 Å². The molecule has 0 aromatic carbocycles. The van der Waals surface area contributed by atoms with E-state index in [1.807, 2.05) is 11.6 Å². The monoisotopic (exact) mass is 303 g/mol. The molecule has 0 atom stereocenters. The number of hydrogen-bond acceptors (Lipinski definition) is 5. The molecule has 0 unspecified atom stereocenters. The third-order valence-electron chi connectivity index (χ3n) is 4.56. The Morgan fingerprint density at radius 1 is 1.19 bits per heavy atom. The van der Waals surface area contributed by atoms with Crippen LogP contribution in [0.4, 0.5) is 5.13 Å². The van der Waals surface area contributed by atoms with Gasteiger partial charge in [0.2, 0.25) is 0 Å². The highest BCUT2D eigenvalue weighted by atomic mass is 32.1. The number of nitrogens with zero attached hydrogens (tertiary/aromatic N) is 5. The molecule has 21 heavy (non-hydrogen) atoms. The summed E-state index contributed by atoms with van der Waals surface area (Å²) >= 11 is 1.72. The van der Waals surface area contributed by atoms with Gasteiger partial charge < -0.3 is 4.90 Å². The molecule has 0 amide bonds. The summed E-state index contributed by atoms with van der Waals surface area (Å²) in [6.07, 6.45) is 5.94. The summed E-state index contributed by atoms with van der Waals surface area (Å²) in [7, 11) is 2.07. The Labute approximate surface area is 129 Å². The normalized spacial score (nSPS) is 19.2. The molecule has 6 heteroatoms. The van der Waals surface area contributed by atoms with Crippen molar-refractivity contribution in [2.75, 3.05) is 18.0 Å². The molecule has 5 nitrogen and oxygen atoms in total. The van der Waals surface area contributed by atoms with Gasteiger partial charge in [-0.25, -0.2) is 4.98 Å². The van der Waals surface area contributed by atoms with E-state index in [0.717, 1.165) is 24.8 Å². The van der Waals surface area contributed by atoms with E-state index < -0.39 is 0 Å². The van der Waals surface area contributed by atoms with Crippen LogP contribution in [0, 0.1) is 0 Å². The van der Waals surface area contributed by atoms with Gasteiger partial charge in [-0.2, -0.15) is 5.10 Å². The Bertz CT molecular complexity index is 612. The maximum Gasteiger partial charge on any atom is 0.185 e. The quantitative estimate of drug-likeness (QED) is 0.872. The molecule has 4 rings (SSSR count). The summed E-state index contributed by atoms with van der Waals surface area (Å²) in [5.41, 5.74) is 4.06. The highest BCUT2D eigenvalue weighted by Gasteiger charge is 2.28. The van der Waals surface area contributed by atoms with Gasteiger partial charge in [-0.05, 0) is 25.9 Å². The number of piperidine rings is 1. The molecule has 4 heterocycles. The van der Waals surface area contributed by atoms with Crippen LogP contribution in [0.1, 0.15) is 36.2 Å². The van der Waals surface area contributed by atoms with Gasteiger partial charge in [-0.1, -0.05) is 6.42 Å². The van der Waals surface area contributed by atoms with Crippen molar-refractivity contribution in [3.63, 3.8) is 0 Å². The third kappa shape index (κ3) is 2.46. The first-order valence-corrected chi connectivity index (χ1v) is 8.59. The van der Waals surface area contributed by atoms with Crippen LogP contribution in [0.2, 0.25) is 0 Å². The second-order valence-corrected chi connectivity index (χ2v) is 6.88. The minimum absolute atomic E-state index is 0.937. The van der Waals surface area contributed by atoms with Crippen molar-refractivity contribution in [3.8, 4) is 0 Å².